The molecule has 8 heteroatoms. The molecule has 0 unspecified atom stereocenters. The largest absolute Gasteiger partial charge is 0.449 e. The normalized spacial score (nSPS) is 15.7. The van der Waals surface area contributed by atoms with E-state index in [1.807, 2.05) is 0 Å². The zero-order valence-electron chi connectivity index (χ0n) is 12.6. The van der Waals surface area contributed by atoms with E-state index in [1.54, 1.807) is 17.4 Å². The fourth-order valence-corrected chi connectivity index (χ4v) is 2.83. The van der Waals surface area contributed by atoms with Gasteiger partial charge in [0.2, 0.25) is 5.91 Å². The molecule has 1 N–H and O–H groups in total. The maximum absolute atomic E-state index is 12.2. The highest BCUT2D eigenvalue weighted by molar-refractivity contribution is 5.76. The first-order valence-corrected chi connectivity index (χ1v) is 7.60. The highest BCUT2D eigenvalue weighted by Crippen LogP contribution is 2.26. The van der Waals surface area contributed by atoms with Crippen LogP contribution in [0, 0.1) is 0 Å². The number of aromatic nitrogens is 3. The number of aromatic amines is 1. The van der Waals surface area contributed by atoms with Crippen LogP contribution in [-0.4, -0.2) is 38.4 Å². The smallest absolute Gasteiger partial charge is 0.316 e. The Kier molecular flexibility index (Phi) is 4.40. The summed E-state index contributed by atoms with van der Waals surface area (Å²) in [5, 5.41) is 0. The van der Waals surface area contributed by atoms with Gasteiger partial charge in [-0.25, -0.2) is 4.98 Å². The molecule has 1 fully saturated rings. The van der Waals surface area contributed by atoms with Crippen molar-refractivity contribution in [2.24, 2.45) is 0 Å². The van der Waals surface area contributed by atoms with Crippen LogP contribution >= 0.6 is 0 Å². The molecule has 1 amide bonds. The van der Waals surface area contributed by atoms with E-state index in [1.165, 1.54) is 17.0 Å². The van der Waals surface area contributed by atoms with E-state index in [4.69, 9.17) is 4.42 Å². The van der Waals surface area contributed by atoms with E-state index in [0.717, 1.165) is 18.7 Å². The first-order valence-electron chi connectivity index (χ1n) is 7.60. The topological polar surface area (TPSA) is 101 Å². The lowest BCUT2D eigenvalue weighted by molar-refractivity contribution is -0.132. The van der Waals surface area contributed by atoms with Gasteiger partial charge in [0.1, 0.15) is 6.26 Å². The SMILES string of the molecule is O=C(CCn1cc[nH]c(=O)c1=O)N1CCC(c2ncco2)CC1. The number of amides is 1. The molecular formula is C15H18N4O4. The quantitative estimate of drug-likeness (QED) is 0.818. The van der Waals surface area contributed by atoms with Crippen molar-refractivity contribution in [3.63, 3.8) is 0 Å². The summed E-state index contributed by atoms with van der Waals surface area (Å²) in [6.07, 6.45) is 7.90. The van der Waals surface area contributed by atoms with E-state index in [-0.39, 0.29) is 24.8 Å². The molecule has 0 atom stereocenters. The maximum atomic E-state index is 12.2. The van der Waals surface area contributed by atoms with E-state index in [9.17, 15) is 14.4 Å². The summed E-state index contributed by atoms with van der Waals surface area (Å²) in [4.78, 5) is 43.4. The third-order valence-corrected chi connectivity index (χ3v) is 4.14. The predicted octanol–water partition coefficient (Wildman–Crippen LogP) is 0.321. The highest BCUT2D eigenvalue weighted by atomic mass is 16.3. The number of H-pyrrole nitrogens is 1. The third-order valence-electron chi connectivity index (χ3n) is 4.14. The molecule has 0 aliphatic carbocycles. The predicted molar refractivity (Wildman–Crippen MR) is 81.0 cm³/mol. The van der Waals surface area contributed by atoms with E-state index in [0.29, 0.717) is 13.1 Å². The van der Waals surface area contributed by atoms with Crippen LogP contribution in [0.4, 0.5) is 0 Å². The van der Waals surface area contributed by atoms with Crippen molar-refractivity contribution < 1.29 is 9.21 Å². The number of nitrogens with one attached hydrogen (secondary N) is 1. The third kappa shape index (κ3) is 3.41. The molecule has 1 aliphatic rings. The minimum Gasteiger partial charge on any atom is -0.449 e. The average Bonchev–Trinajstić information content (AvgIpc) is 3.10. The minimum atomic E-state index is -0.674. The van der Waals surface area contributed by atoms with Crippen LogP contribution in [0.25, 0.3) is 0 Å². The number of carbonyl (C=O) groups excluding carboxylic acids is 1. The zero-order valence-corrected chi connectivity index (χ0v) is 12.6. The molecule has 0 saturated carbocycles. The van der Waals surface area contributed by atoms with Crippen molar-refractivity contribution in [3.05, 3.63) is 51.5 Å². The monoisotopic (exact) mass is 318 g/mol. The Morgan fingerprint density at radius 2 is 2.13 bits per heavy atom. The second-order valence-corrected chi connectivity index (χ2v) is 5.56. The zero-order chi connectivity index (χ0) is 16.2. The van der Waals surface area contributed by atoms with Gasteiger partial charge in [0.15, 0.2) is 5.89 Å². The number of piperidine rings is 1. The van der Waals surface area contributed by atoms with Gasteiger partial charge in [-0.15, -0.1) is 0 Å². The molecule has 0 radical (unpaired) electrons. The van der Waals surface area contributed by atoms with Gasteiger partial charge in [-0.05, 0) is 12.8 Å². The molecule has 2 aromatic heterocycles. The van der Waals surface area contributed by atoms with Crippen LogP contribution in [0.3, 0.4) is 0 Å². The Balaban J connectivity index is 1.53. The van der Waals surface area contributed by atoms with E-state index < -0.39 is 11.1 Å². The van der Waals surface area contributed by atoms with Crippen LogP contribution in [0.1, 0.15) is 31.1 Å². The molecule has 0 bridgehead atoms. The van der Waals surface area contributed by atoms with Gasteiger partial charge in [0.25, 0.3) is 0 Å². The summed E-state index contributed by atoms with van der Waals surface area (Å²) in [7, 11) is 0. The summed E-state index contributed by atoms with van der Waals surface area (Å²) in [6.45, 7) is 1.51. The van der Waals surface area contributed by atoms with Crippen LogP contribution in [-0.2, 0) is 11.3 Å². The lowest BCUT2D eigenvalue weighted by Gasteiger charge is -2.30. The van der Waals surface area contributed by atoms with Crippen molar-refractivity contribution in [1.29, 1.82) is 0 Å². The van der Waals surface area contributed by atoms with Gasteiger partial charge in [-0.3, -0.25) is 14.4 Å². The molecule has 1 aliphatic heterocycles. The van der Waals surface area contributed by atoms with Gasteiger partial charge in [-0.1, -0.05) is 0 Å². The van der Waals surface area contributed by atoms with Gasteiger partial charge >= 0.3 is 11.1 Å². The molecule has 3 rings (SSSR count). The number of oxazole rings is 1. The lowest BCUT2D eigenvalue weighted by atomic mass is 9.96. The second kappa shape index (κ2) is 6.64. The summed E-state index contributed by atoms with van der Waals surface area (Å²) in [5.74, 6) is 0.972. The average molecular weight is 318 g/mol. The van der Waals surface area contributed by atoms with Crippen molar-refractivity contribution >= 4 is 5.91 Å². The Bertz CT molecular complexity index is 769. The maximum Gasteiger partial charge on any atom is 0.316 e. The fraction of sp³-hybridized carbons (Fsp3) is 0.467. The molecule has 2 aromatic rings. The summed E-state index contributed by atoms with van der Waals surface area (Å²) >= 11 is 0. The van der Waals surface area contributed by atoms with Gasteiger partial charge in [-0.2, -0.15) is 0 Å². The minimum absolute atomic E-state index is 0.0111. The molecule has 122 valence electrons. The standard InChI is InChI=1S/C15H18N4O4/c20-12(3-8-19-9-4-16-13(21)15(19)22)18-6-1-11(2-7-18)14-17-5-10-23-14/h4-5,9-11H,1-3,6-8H2,(H,16,21). The van der Waals surface area contributed by atoms with Crippen molar-refractivity contribution in [3.8, 4) is 0 Å². The van der Waals surface area contributed by atoms with Crippen LogP contribution in [0.2, 0.25) is 0 Å². The second-order valence-electron chi connectivity index (χ2n) is 5.56. The molecule has 8 nitrogen and oxygen atoms in total. The summed E-state index contributed by atoms with van der Waals surface area (Å²) in [5.41, 5.74) is -1.31. The van der Waals surface area contributed by atoms with Gasteiger partial charge in [0.05, 0.1) is 6.20 Å². The van der Waals surface area contributed by atoms with Crippen molar-refractivity contribution in [2.45, 2.75) is 31.7 Å². The number of hydrogen-bond donors (Lipinski definition) is 1. The number of nitrogens with zero attached hydrogens (tertiary/aromatic N) is 3. The van der Waals surface area contributed by atoms with E-state index in [2.05, 4.69) is 9.97 Å². The number of hydrogen-bond acceptors (Lipinski definition) is 5. The summed E-state index contributed by atoms with van der Waals surface area (Å²) in [6, 6.07) is 0. The number of aryl methyl sites for hydroxylation is 1. The van der Waals surface area contributed by atoms with Crippen molar-refractivity contribution in [2.75, 3.05) is 13.1 Å². The molecule has 0 aromatic carbocycles. The van der Waals surface area contributed by atoms with Crippen LogP contribution in [0.5, 0.6) is 0 Å². The molecule has 1 saturated heterocycles. The Morgan fingerprint density at radius 1 is 1.35 bits per heavy atom. The molecule has 23 heavy (non-hydrogen) atoms. The van der Waals surface area contributed by atoms with Gasteiger partial charge < -0.3 is 18.9 Å². The van der Waals surface area contributed by atoms with E-state index >= 15 is 0 Å². The van der Waals surface area contributed by atoms with Crippen LogP contribution in [0.15, 0.2) is 38.9 Å². The Labute approximate surface area is 131 Å². The molecule has 0 spiro atoms. The number of rotatable bonds is 4. The molecule has 3 heterocycles. The number of carbonyl (C=O) groups is 1. The highest BCUT2D eigenvalue weighted by Gasteiger charge is 2.25. The first kappa shape index (κ1) is 15.3. The first-order chi connectivity index (χ1) is 11.1. The Hall–Kier alpha value is -2.64. The van der Waals surface area contributed by atoms with Gasteiger partial charge in [0, 0.05) is 44.4 Å². The summed E-state index contributed by atoms with van der Waals surface area (Å²) < 4.78 is 6.57. The lowest BCUT2D eigenvalue weighted by Crippen LogP contribution is -2.40. The van der Waals surface area contributed by atoms with Crippen LogP contribution < -0.4 is 11.1 Å². The Morgan fingerprint density at radius 3 is 2.83 bits per heavy atom. The molecular weight excluding hydrogens is 300 g/mol. The fourth-order valence-electron chi connectivity index (χ4n) is 2.83. The number of likely N-dealkylation sites (tertiary alicyclic amines) is 1. The van der Waals surface area contributed by atoms with Crippen molar-refractivity contribution in [1.82, 2.24) is 19.4 Å².